The maximum absolute atomic E-state index is 12.7. The summed E-state index contributed by atoms with van der Waals surface area (Å²) in [4.78, 5) is 23.4. The van der Waals surface area contributed by atoms with Gasteiger partial charge in [0, 0.05) is 23.1 Å². The van der Waals surface area contributed by atoms with E-state index in [0.717, 1.165) is 11.3 Å². The lowest BCUT2D eigenvalue weighted by atomic mass is 10.1. The number of amidine groups is 1. The SMILES string of the molecule is CC1(C)CN=C(NC(=O)/C(=N/O[C@@H]2CCOC2)c2ccc(S)cc2)S1.O.O.[HH]. The van der Waals surface area contributed by atoms with Gasteiger partial charge in [-0.25, -0.2) is 0 Å². The van der Waals surface area contributed by atoms with Crippen molar-refractivity contribution in [1.29, 1.82) is 0 Å². The summed E-state index contributed by atoms with van der Waals surface area (Å²) in [5, 5.41) is 7.56. The average molecular weight is 418 g/mol. The van der Waals surface area contributed by atoms with E-state index >= 15 is 0 Å². The highest BCUT2D eigenvalue weighted by atomic mass is 32.2. The molecule has 0 unspecified atom stereocenters. The van der Waals surface area contributed by atoms with Crippen molar-refractivity contribution in [1.82, 2.24) is 5.32 Å². The Bertz CT molecular complexity index is 707. The van der Waals surface area contributed by atoms with Crippen molar-refractivity contribution < 1.29 is 26.7 Å². The third kappa shape index (κ3) is 6.51. The molecule has 1 fully saturated rings. The first-order valence-electron chi connectivity index (χ1n) is 8.09. The number of rotatable bonds is 4. The Kier molecular flexibility index (Phi) is 8.76. The van der Waals surface area contributed by atoms with E-state index in [1.807, 2.05) is 12.1 Å². The van der Waals surface area contributed by atoms with Crippen LogP contribution in [-0.4, -0.2) is 58.3 Å². The van der Waals surface area contributed by atoms with Crippen LogP contribution in [0.1, 0.15) is 27.3 Å². The van der Waals surface area contributed by atoms with E-state index in [0.29, 0.717) is 30.5 Å². The quantitative estimate of drug-likeness (QED) is 0.430. The lowest BCUT2D eigenvalue weighted by Crippen LogP contribution is -2.35. The predicted octanol–water partition coefficient (Wildman–Crippen LogP) is 1.08. The Morgan fingerprint density at radius 1 is 1.41 bits per heavy atom. The molecule has 1 atom stereocenters. The van der Waals surface area contributed by atoms with Gasteiger partial charge in [0.15, 0.2) is 17.0 Å². The first kappa shape index (κ1) is 23.4. The Morgan fingerprint density at radius 3 is 2.67 bits per heavy atom. The summed E-state index contributed by atoms with van der Waals surface area (Å²) in [6, 6.07) is 7.21. The summed E-state index contributed by atoms with van der Waals surface area (Å²) >= 11 is 5.82. The van der Waals surface area contributed by atoms with E-state index in [-0.39, 0.29) is 34.8 Å². The largest absolute Gasteiger partial charge is 0.412 e. The van der Waals surface area contributed by atoms with E-state index in [1.54, 1.807) is 23.9 Å². The van der Waals surface area contributed by atoms with Crippen LogP contribution in [0.25, 0.3) is 0 Å². The zero-order valence-electron chi connectivity index (χ0n) is 15.2. The topological polar surface area (TPSA) is 135 Å². The van der Waals surface area contributed by atoms with Crippen LogP contribution in [0.3, 0.4) is 0 Å². The van der Waals surface area contributed by atoms with Crippen molar-refractivity contribution >= 4 is 41.2 Å². The first-order chi connectivity index (χ1) is 11.9. The molecule has 2 aliphatic rings. The number of hydrogen-bond acceptors (Lipinski definition) is 7. The van der Waals surface area contributed by atoms with Gasteiger partial charge in [-0.15, -0.1) is 12.6 Å². The number of nitrogens with one attached hydrogen (secondary N) is 1. The first-order valence-corrected chi connectivity index (χ1v) is 9.35. The molecule has 0 saturated carbocycles. The highest BCUT2D eigenvalue weighted by Crippen LogP contribution is 2.30. The molecule has 8 nitrogen and oxygen atoms in total. The van der Waals surface area contributed by atoms with Gasteiger partial charge >= 0.3 is 0 Å². The summed E-state index contributed by atoms with van der Waals surface area (Å²) in [6.45, 7) is 5.99. The standard InChI is InChI=1S/C17H21N3O3S2.2H2O.H2/c1-17(2)10-18-16(25-17)19-15(21)14(11-3-5-13(24)6-4-11)20-23-12-7-8-22-9-12;;;/h3-6,12,24H,7-10H2,1-2H3,(H,18,19,21);2*1H2;1H/b20-14+;;;/t12-;;;/m1.../s1. The van der Waals surface area contributed by atoms with Gasteiger partial charge in [0.05, 0.1) is 19.8 Å². The molecule has 1 saturated heterocycles. The zero-order valence-corrected chi connectivity index (χ0v) is 16.9. The zero-order chi connectivity index (χ0) is 17.9. The molecule has 0 spiro atoms. The molecule has 27 heavy (non-hydrogen) atoms. The molecule has 1 aromatic carbocycles. The van der Waals surface area contributed by atoms with Gasteiger partial charge in [-0.05, 0) is 26.0 Å². The Balaban J connectivity index is 0.00000243. The normalized spacial score (nSPS) is 20.9. The van der Waals surface area contributed by atoms with Gasteiger partial charge in [-0.3, -0.25) is 15.1 Å². The van der Waals surface area contributed by atoms with Crippen molar-refractivity contribution in [2.45, 2.75) is 36.0 Å². The number of aliphatic imine (C=N–C) groups is 1. The van der Waals surface area contributed by atoms with Crippen LogP contribution < -0.4 is 5.32 Å². The summed E-state index contributed by atoms with van der Waals surface area (Å²) in [5.41, 5.74) is 0.880. The van der Waals surface area contributed by atoms with Crippen molar-refractivity contribution in [3.05, 3.63) is 29.8 Å². The van der Waals surface area contributed by atoms with Crippen LogP contribution in [-0.2, 0) is 14.4 Å². The molecule has 1 aromatic rings. The Labute approximate surface area is 169 Å². The van der Waals surface area contributed by atoms with Crippen LogP contribution in [0.15, 0.2) is 39.3 Å². The maximum Gasteiger partial charge on any atom is 0.279 e. The number of ether oxygens (including phenoxy) is 1. The molecule has 3 rings (SSSR count). The van der Waals surface area contributed by atoms with E-state index < -0.39 is 0 Å². The summed E-state index contributed by atoms with van der Waals surface area (Å²) in [7, 11) is 0. The Morgan fingerprint density at radius 2 is 2.11 bits per heavy atom. The van der Waals surface area contributed by atoms with Crippen LogP contribution in [0.5, 0.6) is 0 Å². The second-order valence-corrected chi connectivity index (χ2v) is 8.73. The fraction of sp³-hybridized carbons (Fsp3) is 0.471. The minimum Gasteiger partial charge on any atom is -0.412 e. The van der Waals surface area contributed by atoms with Crippen LogP contribution >= 0.6 is 24.4 Å². The number of amides is 1. The number of oxime groups is 1. The second kappa shape index (κ2) is 10.1. The van der Waals surface area contributed by atoms with E-state index in [2.05, 4.69) is 41.9 Å². The lowest BCUT2D eigenvalue weighted by Gasteiger charge is -2.14. The lowest BCUT2D eigenvalue weighted by molar-refractivity contribution is -0.113. The van der Waals surface area contributed by atoms with Gasteiger partial charge in [0.25, 0.3) is 5.91 Å². The summed E-state index contributed by atoms with van der Waals surface area (Å²) in [5.74, 6) is -0.338. The molecule has 2 heterocycles. The molecule has 2 aliphatic heterocycles. The van der Waals surface area contributed by atoms with Crippen molar-refractivity contribution in [3.63, 3.8) is 0 Å². The van der Waals surface area contributed by atoms with E-state index in [4.69, 9.17) is 9.57 Å². The molecule has 0 aliphatic carbocycles. The minimum atomic E-state index is -0.338. The highest BCUT2D eigenvalue weighted by molar-refractivity contribution is 8.15. The van der Waals surface area contributed by atoms with Crippen LogP contribution in [0.2, 0.25) is 0 Å². The third-order valence-corrected chi connectivity index (χ3v) is 5.14. The van der Waals surface area contributed by atoms with Crippen LogP contribution in [0.4, 0.5) is 0 Å². The molecular formula is C17H27N3O5S2. The molecule has 5 N–H and O–H groups in total. The van der Waals surface area contributed by atoms with Gasteiger partial charge in [-0.2, -0.15) is 0 Å². The van der Waals surface area contributed by atoms with Crippen molar-refractivity contribution in [2.75, 3.05) is 19.8 Å². The molecular weight excluding hydrogens is 390 g/mol. The van der Waals surface area contributed by atoms with E-state index in [1.165, 1.54) is 0 Å². The molecule has 0 aromatic heterocycles. The number of carbonyl (C=O) groups excluding carboxylic acids is 1. The molecule has 152 valence electrons. The number of thioether (sulfide) groups is 1. The maximum atomic E-state index is 12.7. The number of hydrogen-bond donors (Lipinski definition) is 2. The van der Waals surface area contributed by atoms with Crippen molar-refractivity contribution in [3.8, 4) is 0 Å². The van der Waals surface area contributed by atoms with Gasteiger partial charge in [0.1, 0.15) is 0 Å². The monoisotopic (exact) mass is 417 g/mol. The smallest absolute Gasteiger partial charge is 0.279 e. The number of nitrogens with zero attached hydrogens (tertiary/aromatic N) is 2. The fourth-order valence-corrected chi connectivity index (χ4v) is 3.45. The average Bonchev–Trinajstić information content (AvgIpc) is 3.19. The van der Waals surface area contributed by atoms with E-state index in [9.17, 15) is 4.79 Å². The van der Waals surface area contributed by atoms with Gasteiger partial charge < -0.3 is 20.5 Å². The van der Waals surface area contributed by atoms with Crippen LogP contribution in [0, 0.1) is 0 Å². The molecule has 1 amide bonds. The fourth-order valence-electron chi connectivity index (χ4n) is 2.38. The second-order valence-electron chi connectivity index (χ2n) is 6.52. The Hall–Kier alpha value is -1.59. The predicted molar refractivity (Wildman–Crippen MR) is 112 cm³/mol. The highest BCUT2D eigenvalue weighted by Gasteiger charge is 2.29. The number of benzene rings is 1. The minimum absolute atomic E-state index is 0. The summed E-state index contributed by atoms with van der Waals surface area (Å²) < 4.78 is 5.27. The number of carbonyl (C=O) groups is 1. The molecule has 0 bridgehead atoms. The molecule has 0 radical (unpaired) electrons. The molecule has 10 heteroatoms. The van der Waals surface area contributed by atoms with Gasteiger partial charge in [0.2, 0.25) is 0 Å². The van der Waals surface area contributed by atoms with Gasteiger partial charge in [-0.1, -0.05) is 29.1 Å². The van der Waals surface area contributed by atoms with Crippen molar-refractivity contribution in [2.24, 2.45) is 10.1 Å². The number of thiol groups is 1. The third-order valence-electron chi connectivity index (χ3n) is 3.73. The summed E-state index contributed by atoms with van der Waals surface area (Å²) in [6.07, 6.45) is 0.647.